The van der Waals surface area contributed by atoms with Gasteiger partial charge in [0.25, 0.3) is 0 Å². The predicted molar refractivity (Wildman–Crippen MR) is 123 cm³/mol. The van der Waals surface area contributed by atoms with Crippen LogP contribution in [0.5, 0.6) is 0 Å². The summed E-state index contributed by atoms with van der Waals surface area (Å²) in [4.78, 5) is 0. The second kappa shape index (κ2) is 19.2. The molecular weight excluding hydrogens is 380 g/mol. The summed E-state index contributed by atoms with van der Waals surface area (Å²) in [6.07, 6.45) is 20.9. The number of unbranched alkanes of at least 4 members (excludes halogenated alkanes) is 13. The fourth-order valence-electron chi connectivity index (χ4n) is 3.97. The van der Waals surface area contributed by atoms with Crippen LogP contribution in [0.25, 0.3) is 0 Å². The third kappa shape index (κ3) is 13.1. The van der Waals surface area contributed by atoms with Gasteiger partial charge in [0.15, 0.2) is 0 Å². The van der Waals surface area contributed by atoms with Gasteiger partial charge in [-0.25, -0.2) is 0 Å². The Labute approximate surface area is 184 Å². The Hall–Kier alpha value is -0.460. The molecule has 0 saturated carbocycles. The number of hydrogen-bond acceptors (Lipinski definition) is 5. The number of rotatable bonds is 20. The van der Waals surface area contributed by atoms with E-state index < -0.39 is 24.4 Å². The summed E-state index contributed by atoms with van der Waals surface area (Å²) in [5.74, 6) is 0. The zero-order valence-electron chi connectivity index (χ0n) is 19.4. The first-order chi connectivity index (χ1) is 14.7. The summed E-state index contributed by atoms with van der Waals surface area (Å²) in [5.41, 5.74) is 0. The molecule has 0 radical (unpaired) electrons. The Morgan fingerprint density at radius 2 is 1.37 bits per heavy atom. The Bertz CT molecular complexity index is 401. The molecule has 0 bridgehead atoms. The summed E-state index contributed by atoms with van der Waals surface area (Å²) >= 11 is 0. The normalized spacial score (nSPS) is 22.9. The molecule has 1 aliphatic rings. The second-order valence-corrected chi connectivity index (χ2v) is 8.74. The van der Waals surface area contributed by atoms with Crippen molar-refractivity contribution in [2.45, 2.75) is 128 Å². The Balaban J connectivity index is 1.81. The molecule has 0 aliphatic carbocycles. The van der Waals surface area contributed by atoms with Gasteiger partial charge in [0.05, 0.1) is 13.2 Å². The number of ether oxygens (including phenoxy) is 2. The minimum Gasteiger partial charge on any atom is -0.394 e. The van der Waals surface area contributed by atoms with Crippen molar-refractivity contribution >= 4 is 0 Å². The fourth-order valence-corrected chi connectivity index (χ4v) is 3.97. The molecule has 0 unspecified atom stereocenters. The van der Waals surface area contributed by atoms with Crippen LogP contribution in [0.2, 0.25) is 0 Å². The molecule has 178 valence electrons. The van der Waals surface area contributed by atoms with Crippen LogP contribution in [-0.2, 0) is 9.47 Å². The molecule has 5 heteroatoms. The van der Waals surface area contributed by atoms with E-state index in [0.717, 1.165) is 12.8 Å². The van der Waals surface area contributed by atoms with Crippen LogP contribution < -0.4 is 0 Å². The van der Waals surface area contributed by atoms with Crippen molar-refractivity contribution < 1.29 is 24.8 Å². The van der Waals surface area contributed by atoms with E-state index in [1.165, 1.54) is 83.5 Å². The number of allylic oxidation sites excluding steroid dienone is 2. The van der Waals surface area contributed by atoms with Crippen molar-refractivity contribution in [3.63, 3.8) is 0 Å². The maximum atomic E-state index is 9.84. The van der Waals surface area contributed by atoms with Gasteiger partial charge in [-0.1, -0.05) is 89.7 Å². The molecule has 0 aromatic carbocycles. The van der Waals surface area contributed by atoms with E-state index in [1.807, 2.05) is 0 Å². The monoisotopic (exact) mass is 428 g/mol. The van der Waals surface area contributed by atoms with Crippen LogP contribution in [0.4, 0.5) is 0 Å². The summed E-state index contributed by atoms with van der Waals surface area (Å²) in [5, 5.41) is 28.8. The lowest BCUT2D eigenvalue weighted by Gasteiger charge is -2.24. The maximum Gasteiger partial charge on any atom is 0.114 e. The van der Waals surface area contributed by atoms with Crippen LogP contribution in [-0.4, -0.2) is 59.6 Å². The molecule has 1 heterocycles. The van der Waals surface area contributed by atoms with Crippen molar-refractivity contribution in [2.24, 2.45) is 0 Å². The van der Waals surface area contributed by atoms with E-state index in [9.17, 15) is 15.3 Å². The van der Waals surface area contributed by atoms with E-state index in [1.54, 1.807) is 0 Å². The smallest absolute Gasteiger partial charge is 0.114 e. The first-order valence-corrected chi connectivity index (χ1v) is 12.6. The van der Waals surface area contributed by atoms with E-state index in [-0.39, 0.29) is 13.2 Å². The standard InChI is InChI=1S/C25H48O5/c1-2-3-4-5-6-7-8-9-10-11-12-13-14-15-16-17-18-19-29-23(20-26)25-24(28)22(27)21-30-25/h4-5,22-28H,2-3,6-21H2,1H3/b5-4+/t22-,23+,24+,25+/m0/s1. The van der Waals surface area contributed by atoms with E-state index in [2.05, 4.69) is 19.1 Å². The largest absolute Gasteiger partial charge is 0.394 e. The Morgan fingerprint density at radius 3 is 1.87 bits per heavy atom. The van der Waals surface area contributed by atoms with Crippen molar-refractivity contribution in [1.29, 1.82) is 0 Å². The third-order valence-corrected chi connectivity index (χ3v) is 5.96. The number of aliphatic hydroxyl groups is 3. The SMILES string of the molecule is CCC/C=C/CCCCCCCCCCCCCCO[C@H](CO)[C@H]1OC[C@H](O)[C@H]1O. The maximum absolute atomic E-state index is 9.84. The first-order valence-electron chi connectivity index (χ1n) is 12.6. The molecule has 5 nitrogen and oxygen atoms in total. The lowest BCUT2D eigenvalue weighted by molar-refractivity contribution is -0.101. The fraction of sp³-hybridized carbons (Fsp3) is 0.920. The van der Waals surface area contributed by atoms with Crippen molar-refractivity contribution in [1.82, 2.24) is 0 Å². The van der Waals surface area contributed by atoms with Gasteiger partial charge in [0, 0.05) is 6.61 Å². The topological polar surface area (TPSA) is 79.2 Å². The molecule has 1 saturated heterocycles. The molecule has 0 spiro atoms. The zero-order valence-corrected chi connectivity index (χ0v) is 19.4. The lowest BCUT2D eigenvalue weighted by Crippen LogP contribution is -2.42. The predicted octanol–water partition coefficient (Wildman–Crippen LogP) is 4.91. The zero-order chi connectivity index (χ0) is 21.9. The lowest BCUT2D eigenvalue weighted by atomic mass is 10.0. The first kappa shape index (κ1) is 27.6. The van der Waals surface area contributed by atoms with Crippen LogP contribution in [0.15, 0.2) is 12.2 Å². The second-order valence-electron chi connectivity index (χ2n) is 8.74. The summed E-state index contributed by atoms with van der Waals surface area (Å²) in [6.45, 7) is 2.68. The van der Waals surface area contributed by atoms with Crippen LogP contribution in [0.1, 0.15) is 103 Å². The van der Waals surface area contributed by atoms with Crippen LogP contribution in [0.3, 0.4) is 0 Å². The van der Waals surface area contributed by atoms with Gasteiger partial charge < -0.3 is 24.8 Å². The van der Waals surface area contributed by atoms with Crippen molar-refractivity contribution in [2.75, 3.05) is 19.8 Å². The third-order valence-electron chi connectivity index (χ3n) is 5.96. The molecule has 3 N–H and O–H groups in total. The van der Waals surface area contributed by atoms with E-state index in [4.69, 9.17) is 9.47 Å². The Kier molecular flexibility index (Phi) is 17.7. The number of aliphatic hydroxyl groups excluding tert-OH is 3. The summed E-state index contributed by atoms with van der Waals surface area (Å²) in [6, 6.07) is 0. The van der Waals surface area contributed by atoms with Gasteiger partial charge in [0.2, 0.25) is 0 Å². The van der Waals surface area contributed by atoms with Crippen molar-refractivity contribution in [3.05, 3.63) is 12.2 Å². The van der Waals surface area contributed by atoms with E-state index >= 15 is 0 Å². The van der Waals surface area contributed by atoms with Gasteiger partial charge in [-0.2, -0.15) is 0 Å². The molecule has 1 aliphatic heterocycles. The molecule has 1 rings (SSSR count). The minimum absolute atomic E-state index is 0.0996. The molecule has 0 aromatic rings. The van der Waals surface area contributed by atoms with Gasteiger partial charge in [-0.05, 0) is 25.7 Å². The molecular formula is C25H48O5. The minimum atomic E-state index is -0.977. The average Bonchev–Trinajstić information content (AvgIpc) is 3.08. The summed E-state index contributed by atoms with van der Waals surface area (Å²) in [7, 11) is 0. The van der Waals surface area contributed by atoms with Crippen LogP contribution >= 0.6 is 0 Å². The molecule has 0 aromatic heterocycles. The molecule has 1 fully saturated rings. The van der Waals surface area contributed by atoms with Crippen molar-refractivity contribution in [3.8, 4) is 0 Å². The van der Waals surface area contributed by atoms with Gasteiger partial charge in [-0.15, -0.1) is 0 Å². The molecule has 4 atom stereocenters. The highest BCUT2D eigenvalue weighted by Crippen LogP contribution is 2.20. The van der Waals surface area contributed by atoms with Gasteiger partial charge in [0.1, 0.15) is 24.4 Å². The molecule has 30 heavy (non-hydrogen) atoms. The highest BCUT2D eigenvalue weighted by atomic mass is 16.6. The quantitative estimate of drug-likeness (QED) is 0.190. The summed E-state index contributed by atoms with van der Waals surface area (Å²) < 4.78 is 11.0. The van der Waals surface area contributed by atoms with Gasteiger partial charge >= 0.3 is 0 Å². The highest BCUT2D eigenvalue weighted by molar-refractivity contribution is 4.88. The van der Waals surface area contributed by atoms with Gasteiger partial charge in [-0.3, -0.25) is 0 Å². The highest BCUT2D eigenvalue weighted by Gasteiger charge is 2.40. The molecule has 0 amide bonds. The van der Waals surface area contributed by atoms with Crippen LogP contribution in [0, 0.1) is 0 Å². The number of hydrogen-bond donors (Lipinski definition) is 3. The Morgan fingerprint density at radius 1 is 0.833 bits per heavy atom. The van der Waals surface area contributed by atoms with E-state index in [0.29, 0.717) is 6.61 Å². The average molecular weight is 429 g/mol.